The van der Waals surface area contributed by atoms with E-state index in [4.69, 9.17) is 11.1 Å². The Morgan fingerprint density at radius 3 is 2.19 bits per heavy atom. The Morgan fingerprint density at radius 1 is 1.19 bits per heavy atom. The lowest BCUT2D eigenvalue weighted by molar-refractivity contribution is -0.116. The second kappa shape index (κ2) is 4.72. The molecule has 2 heterocycles. The van der Waals surface area contributed by atoms with Crippen LogP contribution >= 0.6 is 47.0 Å². The van der Waals surface area contributed by atoms with Gasteiger partial charge in [0, 0.05) is 0 Å². The first-order valence-electron chi connectivity index (χ1n) is 4.48. The summed E-state index contributed by atoms with van der Waals surface area (Å²) in [5.41, 5.74) is 5.24. The van der Waals surface area contributed by atoms with Crippen LogP contribution in [0.25, 0.3) is 0 Å². The Labute approximate surface area is 111 Å². The molecule has 0 radical (unpaired) electrons. The zero-order valence-corrected chi connectivity index (χ0v) is 12.0. The van der Waals surface area contributed by atoms with Crippen molar-refractivity contribution in [2.45, 2.75) is 19.1 Å². The molecule has 16 heavy (non-hydrogen) atoms. The normalized spacial score (nSPS) is 25.9. The van der Waals surface area contributed by atoms with E-state index in [1.165, 1.54) is 37.6 Å². The molecule has 86 valence electrons. The number of primary amides is 1. The van der Waals surface area contributed by atoms with Crippen molar-refractivity contribution < 1.29 is 4.79 Å². The van der Waals surface area contributed by atoms with Gasteiger partial charge in [-0.25, -0.2) is 0 Å². The summed E-state index contributed by atoms with van der Waals surface area (Å²) < 4.78 is 2.22. The highest BCUT2D eigenvalue weighted by atomic mass is 32.2. The molecule has 1 unspecified atom stereocenters. The van der Waals surface area contributed by atoms with Crippen LogP contribution in [0.1, 0.15) is 13.8 Å². The van der Waals surface area contributed by atoms with E-state index in [-0.39, 0.29) is 0 Å². The van der Waals surface area contributed by atoms with Gasteiger partial charge in [-0.1, -0.05) is 47.0 Å². The second-order valence-corrected chi connectivity index (χ2v) is 8.39. The first-order chi connectivity index (χ1) is 7.49. The van der Waals surface area contributed by atoms with Gasteiger partial charge in [-0.3, -0.25) is 10.2 Å². The molecule has 0 aromatic carbocycles. The molecule has 7 heteroatoms. The molecule has 2 aliphatic rings. The molecule has 0 aromatic rings. The van der Waals surface area contributed by atoms with Crippen molar-refractivity contribution in [3.8, 4) is 0 Å². The summed E-state index contributed by atoms with van der Waals surface area (Å²) in [7, 11) is 0. The topological polar surface area (TPSA) is 66.9 Å². The number of nitrogens with one attached hydrogen (secondary N) is 1. The van der Waals surface area contributed by atoms with Crippen LogP contribution in [0.3, 0.4) is 0 Å². The van der Waals surface area contributed by atoms with Crippen LogP contribution < -0.4 is 5.73 Å². The van der Waals surface area contributed by atoms with Crippen molar-refractivity contribution in [3.63, 3.8) is 0 Å². The first-order valence-corrected chi connectivity index (χ1v) is 7.81. The van der Waals surface area contributed by atoms with Crippen molar-refractivity contribution in [1.29, 1.82) is 5.41 Å². The van der Waals surface area contributed by atoms with Crippen LogP contribution in [0.5, 0.6) is 0 Å². The lowest BCUT2D eigenvalue weighted by atomic mass is 10.4. The number of carbonyl (C=O) groups excluding carboxylic acids is 1. The molecule has 0 saturated carbocycles. The summed E-state index contributed by atoms with van der Waals surface area (Å²) in [5.74, 6) is -0.424. The fourth-order valence-corrected chi connectivity index (χ4v) is 6.44. The molecule has 0 aliphatic carbocycles. The SMILES string of the molecule is CC1=C(C)SC(=C2SC(=N)C(C(N)=O)S2)S1. The summed E-state index contributed by atoms with van der Waals surface area (Å²) in [4.78, 5) is 13.7. The lowest BCUT2D eigenvalue weighted by Gasteiger charge is -2.01. The van der Waals surface area contributed by atoms with E-state index in [0.717, 1.165) is 4.24 Å². The number of carbonyl (C=O) groups is 1. The predicted octanol–water partition coefficient (Wildman–Crippen LogP) is 3.16. The Bertz CT molecular complexity index is 425. The zero-order chi connectivity index (χ0) is 11.9. The highest BCUT2D eigenvalue weighted by Gasteiger charge is 2.34. The maximum absolute atomic E-state index is 11.1. The number of hydrogen-bond acceptors (Lipinski definition) is 6. The number of rotatable bonds is 1. The smallest absolute Gasteiger partial charge is 0.237 e. The van der Waals surface area contributed by atoms with E-state index in [0.29, 0.717) is 5.04 Å². The Morgan fingerprint density at radius 2 is 1.75 bits per heavy atom. The third kappa shape index (κ3) is 2.32. The van der Waals surface area contributed by atoms with E-state index in [1.807, 2.05) is 0 Å². The molecule has 2 aliphatic heterocycles. The first kappa shape index (κ1) is 12.5. The van der Waals surface area contributed by atoms with Gasteiger partial charge < -0.3 is 5.73 Å². The van der Waals surface area contributed by atoms with Crippen molar-refractivity contribution in [1.82, 2.24) is 0 Å². The molecular formula is C9H10N2OS4. The number of amides is 1. The highest BCUT2D eigenvalue weighted by molar-refractivity contribution is 8.38. The van der Waals surface area contributed by atoms with Gasteiger partial charge in [-0.2, -0.15) is 0 Å². The average Bonchev–Trinajstić information content (AvgIpc) is 2.71. The molecule has 2 rings (SSSR count). The van der Waals surface area contributed by atoms with Gasteiger partial charge in [0.25, 0.3) is 0 Å². The number of thioether (sulfide) groups is 4. The van der Waals surface area contributed by atoms with Gasteiger partial charge in [-0.05, 0) is 23.7 Å². The molecule has 0 bridgehead atoms. The minimum Gasteiger partial charge on any atom is -0.368 e. The Kier molecular flexibility index (Phi) is 3.68. The quantitative estimate of drug-likeness (QED) is 0.776. The molecule has 0 spiro atoms. The van der Waals surface area contributed by atoms with Gasteiger partial charge >= 0.3 is 0 Å². The summed E-state index contributed by atoms with van der Waals surface area (Å²) in [6.07, 6.45) is 0. The van der Waals surface area contributed by atoms with Crippen LogP contribution in [0.4, 0.5) is 0 Å². The van der Waals surface area contributed by atoms with Crippen molar-refractivity contribution >= 4 is 58.0 Å². The predicted molar refractivity (Wildman–Crippen MR) is 76.5 cm³/mol. The minimum absolute atomic E-state index is 0.350. The van der Waals surface area contributed by atoms with Gasteiger partial charge in [0.05, 0.1) is 13.5 Å². The number of nitrogens with two attached hydrogens (primary N) is 1. The summed E-state index contributed by atoms with van der Waals surface area (Å²) in [6.45, 7) is 4.17. The van der Waals surface area contributed by atoms with Crippen molar-refractivity contribution in [3.05, 3.63) is 18.3 Å². The van der Waals surface area contributed by atoms with E-state index in [9.17, 15) is 4.79 Å². The van der Waals surface area contributed by atoms with Crippen LogP contribution in [-0.2, 0) is 4.79 Å². The third-order valence-electron chi connectivity index (χ3n) is 2.08. The maximum atomic E-state index is 11.1. The van der Waals surface area contributed by atoms with Gasteiger partial charge in [0.1, 0.15) is 5.25 Å². The largest absolute Gasteiger partial charge is 0.368 e. The van der Waals surface area contributed by atoms with Crippen LogP contribution in [-0.4, -0.2) is 16.2 Å². The van der Waals surface area contributed by atoms with Gasteiger partial charge in [0.15, 0.2) is 0 Å². The number of allylic oxidation sites excluding steroid dienone is 2. The summed E-state index contributed by atoms with van der Waals surface area (Å²) >= 11 is 6.20. The fraction of sp³-hybridized carbons (Fsp3) is 0.333. The maximum Gasteiger partial charge on any atom is 0.237 e. The number of hydrogen-bond donors (Lipinski definition) is 2. The third-order valence-corrected chi connectivity index (χ3v) is 7.88. The molecule has 1 amide bonds. The molecule has 1 saturated heterocycles. The summed E-state index contributed by atoms with van der Waals surface area (Å²) in [5, 5.41) is 7.57. The van der Waals surface area contributed by atoms with E-state index in [1.54, 1.807) is 23.5 Å². The fourth-order valence-electron chi connectivity index (χ4n) is 1.14. The Hall–Kier alpha value is 0.0200. The monoisotopic (exact) mass is 290 g/mol. The molecule has 3 N–H and O–H groups in total. The van der Waals surface area contributed by atoms with Crippen LogP contribution in [0.15, 0.2) is 18.3 Å². The molecule has 1 atom stereocenters. The van der Waals surface area contributed by atoms with E-state index in [2.05, 4.69) is 13.8 Å². The average molecular weight is 290 g/mol. The highest BCUT2D eigenvalue weighted by Crippen LogP contribution is 2.57. The Balaban J connectivity index is 2.18. The van der Waals surface area contributed by atoms with E-state index >= 15 is 0 Å². The van der Waals surface area contributed by atoms with Crippen LogP contribution in [0.2, 0.25) is 0 Å². The van der Waals surface area contributed by atoms with Gasteiger partial charge in [0.2, 0.25) is 5.91 Å². The lowest BCUT2D eigenvalue weighted by Crippen LogP contribution is -2.28. The molecule has 0 aromatic heterocycles. The standard InChI is InChI=1S/C9H10N2OS4/c1-3-4(2)14-8(13-3)9-15-5(6(10)12)7(11)16-9/h5,11H,1-2H3,(H2,10,12). The minimum atomic E-state index is -0.491. The van der Waals surface area contributed by atoms with E-state index < -0.39 is 11.2 Å². The van der Waals surface area contributed by atoms with Crippen molar-refractivity contribution in [2.75, 3.05) is 0 Å². The zero-order valence-electron chi connectivity index (χ0n) is 8.70. The molecule has 1 fully saturated rings. The van der Waals surface area contributed by atoms with Gasteiger partial charge in [-0.15, -0.1) is 0 Å². The summed E-state index contributed by atoms with van der Waals surface area (Å²) in [6, 6.07) is 0. The molecule has 3 nitrogen and oxygen atoms in total. The second-order valence-electron chi connectivity index (χ2n) is 3.26. The van der Waals surface area contributed by atoms with Crippen LogP contribution in [0, 0.1) is 5.41 Å². The molecular weight excluding hydrogens is 280 g/mol. The van der Waals surface area contributed by atoms with Crippen molar-refractivity contribution in [2.24, 2.45) is 5.73 Å².